The van der Waals surface area contributed by atoms with Gasteiger partial charge in [-0.3, -0.25) is 9.78 Å². The van der Waals surface area contributed by atoms with Crippen LogP contribution >= 0.6 is 11.3 Å². The second-order valence-electron chi connectivity index (χ2n) is 7.74. The Balaban J connectivity index is 1.54. The Labute approximate surface area is 179 Å². The number of carbonyl (C=O) groups is 1. The molecule has 0 radical (unpaired) electrons. The van der Waals surface area contributed by atoms with Crippen molar-refractivity contribution >= 4 is 33.3 Å². The van der Waals surface area contributed by atoms with Gasteiger partial charge in [0.05, 0.1) is 11.6 Å². The average Bonchev–Trinajstić information content (AvgIpc) is 3.28. The number of hydrogen-bond donors (Lipinski definition) is 1. The van der Waals surface area contributed by atoms with Gasteiger partial charge in [-0.1, -0.05) is 0 Å². The number of alkyl halides is 3. The van der Waals surface area contributed by atoms with E-state index in [4.69, 9.17) is 0 Å². The number of nitrogens with one attached hydrogen (secondary N) is 1. The minimum absolute atomic E-state index is 0.0585. The van der Waals surface area contributed by atoms with Crippen LogP contribution in [0.15, 0.2) is 18.6 Å². The third-order valence-electron chi connectivity index (χ3n) is 5.59. The fraction of sp³-hybridized carbons (Fsp3) is 0.450. The quantitative estimate of drug-likeness (QED) is 0.657. The zero-order chi connectivity index (χ0) is 21.6. The molecule has 31 heavy (non-hydrogen) atoms. The molecule has 162 valence electrons. The van der Waals surface area contributed by atoms with E-state index < -0.39 is 24.7 Å². The number of aryl methyl sites for hydroxylation is 2. The van der Waals surface area contributed by atoms with Crippen molar-refractivity contribution in [2.75, 3.05) is 18.4 Å². The molecule has 1 amide bonds. The summed E-state index contributed by atoms with van der Waals surface area (Å²) in [5, 5.41) is 4.01. The maximum Gasteiger partial charge on any atom is 0.406 e. The maximum absolute atomic E-state index is 12.8. The SMILES string of the molecule is O=C1C(Nc2nc(-c3cnccn3)nc3sc4c(c23)CCCC4)CCN1CC(F)(F)F. The van der Waals surface area contributed by atoms with Gasteiger partial charge in [-0.25, -0.2) is 15.0 Å². The second kappa shape index (κ2) is 7.70. The molecule has 1 aliphatic carbocycles. The molecular formula is C20H19F3N6OS. The highest BCUT2D eigenvalue weighted by Gasteiger charge is 2.39. The Bertz CT molecular complexity index is 1130. The predicted molar refractivity (Wildman–Crippen MR) is 110 cm³/mol. The molecular weight excluding hydrogens is 429 g/mol. The first-order valence-electron chi connectivity index (χ1n) is 10.1. The lowest BCUT2D eigenvalue weighted by molar-refractivity contribution is -0.157. The molecule has 1 saturated heterocycles. The lowest BCUT2D eigenvalue weighted by atomic mass is 9.97. The fourth-order valence-corrected chi connectivity index (χ4v) is 5.46. The smallest absolute Gasteiger partial charge is 0.358 e. The summed E-state index contributed by atoms with van der Waals surface area (Å²) in [6.45, 7) is -1.18. The summed E-state index contributed by atoms with van der Waals surface area (Å²) in [4.78, 5) is 33.2. The zero-order valence-corrected chi connectivity index (χ0v) is 17.3. The first-order valence-corrected chi connectivity index (χ1v) is 10.9. The van der Waals surface area contributed by atoms with Crippen LogP contribution < -0.4 is 5.32 Å². The zero-order valence-electron chi connectivity index (χ0n) is 16.4. The van der Waals surface area contributed by atoms with Crippen LogP contribution in [0.25, 0.3) is 21.7 Å². The van der Waals surface area contributed by atoms with E-state index >= 15 is 0 Å². The van der Waals surface area contributed by atoms with Crippen molar-refractivity contribution < 1.29 is 18.0 Å². The molecule has 1 aliphatic heterocycles. The summed E-state index contributed by atoms with van der Waals surface area (Å²) in [6.07, 6.45) is 4.57. The number of rotatable bonds is 4. The van der Waals surface area contributed by atoms with Gasteiger partial charge in [0.1, 0.15) is 28.9 Å². The third kappa shape index (κ3) is 3.93. The monoisotopic (exact) mass is 448 g/mol. The number of aromatic nitrogens is 4. The number of likely N-dealkylation sites (tertiary alicyclic amines) is 1. The average molecular weight is 448 g/mol. The van der Waals surface area contributed by atoms with Crippen molar-refractivity contribution in [1.29, 1.82) is 0 Å². The summed E-state index contributed by atoms with van der Waals surface area (Å²) in [6, 6.07) is -0.755. The highest BCUT2D eigenvalue weighted by molar-refractivity contribution is 7.19. The van der Waals surface area contributed by atoms with Crippen LogP contribution in [-0.2, 0) is 17.6 Å². The summed E-state index contributed by atoms with van der Waals surface area (Å²) in [5.74, 6) is 0.297. The number of fused-ring (bicyclic) bond motifs is 3. The maximum atomic E-state index is 12.8. The van der Waals surface area contributed by atoms with E-state index in [1.165, 1.54) is 10.4 Å². The molecule has 0 saturated carbocycles. The number of thiophene rings is 1. The molecule has 11 heteroatoms. The molecule has 1 N–H and O–H groups in total. The standard InChI is InChI=1S/C20H19F3N6OS/c21-20(22,23)10-29-8-5-12(19(29)30)26-17-15-11-3-1-2-4-14(11)31-18(15)28-16(27-17)13-9-24-6-7-25-13/h6-7,9,12H,1-5,8,10H2,(H,26,27,28). The molecule has 1 unspecified atom stereocenters. The van der Waals surface area contributed by atoms with Crippen LogP contribution in [0.4, 0.5) is 19.0 Å². The van der Waals surface area contributed by atoms with Crippen molar-refractivity contribution in [3.63, 3.8) is 0 Å². The molecule has 3 aromatic heterocycles. The van der Waals surface area contributed by atoms with Gasteiger partial charge in [0, 0.05) is 23.8 Å². The van der Waals surface area contributed by atoms with Crippen LogP contribution in [0.3, 0.4) is 0 Å². The number of anilines is 1. The second-order valence-corrected chi connectivity index (χ2v) is 8.82. The van der Waals surface area contributed by atoms with Gasteiger partial charge in [0.2, 0.25) is 5.91 Å². The minimum Gasteiger partial charge on any atom is -0.358 e. The summed E-state index contributed by atoms with van der Waals surface area (Å²) >= 11 is 1.61. The highest BCUT2D eigenvalue weighted by atomic mass is 32.1. The van der Waals surface area contributed by atoms with Gasteiger partial charge >= 0.3 is 6.18 Å². The molecule has 5 rings (SSSR count). The molecule has 1 fully saturated rings. The molecule has 0 aromatic carbocycles. The third-order valence-corrected chi connectivity index (χ3v) is 6.77. The first-order chi connectivity index (χ1) is 14.9. The van der Waals surface area contributed by atoms with E-state index in [1.54, 1.807) is 29.9 Å². The van der Waals surface area contributed by atoms with Crippen molar-refractivity contribution in [3.8, 4) is 11.5 Å². The van der Waals surface area contributed by atoms with Crippen LogP contribution in [0.1, 0.15) is 29.7 Å². The van der Waals surface area contributed by atoms with E-state index in [9.17, 15) is 18.0 Å². The summed E-state index contributed by atoms with van der Waals surface area (Å²) in [7, 11) is 0. The Hall–Kier alpha value is -2.82. The molecule has 4 heterocycles. The van der Waals surface area contributed by atoms with Crippen molar-refractivity contribution in [3.05, 3.63) is 29.0 Å². The van der Waals surface area contributed by atoms with Gasteiger partial charge in [-0.2, -0.15) is 13.2 Å². The molecule has 1 atom stereocenters. The molecule has 2 aliphatic rings. The molecule has 3 aromatic rings. The Kier molecular flexibility index (Phi) is 4.99. The number of carbonyl (C=O) groups excluding carboxylic acids is 1. The van der Waals surface area contributed by atoms with E-state index in [0.29, 0.717) is 17.3 Å². The summed E-state index contributed by atoms with van der Waals surface area (Å²) in [5.41, 5.74) is 1.67. The Morgan fingerprint density at radius 1 is 1.19 bits per heavy atom. The van der Waals surface area contributed by atoms with E-state index in [1.807, 2.05) is 0 Å². The summed E-state index contributed by atoms with van der Waals surface area (Å²) < 4.78 is 38.4. The van der Waals surface area contributed by atoms with Crippen molar-refractivity contribution in [2.24, 2.45) is 0 Å². The topological polar surface area (TPSA) is 83.9 Å². The Morgan fingerprint density at radius 2 is 2.03 bits per heavy atom. The predicted octanol–water partition coefficient (Wildman–Crippen LogP) is 3.60. The minimum atomic E-state index is -4.42. The normalized spacial score (nSPS) is 19.1. The lowest BCUT2D eigenvalue weighted by Crippen LogP contribution is -2.39. The van der Waals surface area contributed by atoms with Crippen LogP contribution in [0, 0.1) is 0 Å². The number of halogens is 3. The molecule has 0 spiro atoms. The fourth-order valence-electron chi connectivity index (χ4n) is 4.20. The molecule has 7 nitrogen and oxygen atoms in total. The van der Waals surface area contributed by atoms with Gasteiger partial charge in [0.25, 0.3) is 0 Å². The van der Waals surface area contributed by atoms with E-state index in [-0.39, 0.29) is 13.0 Å². The van der Waals surface area contributed by atoms with Gasteiger partial charge in [-0.05, 0) is 37.7 Å². The van der Waals surface area contributed by atoms with Crippen LogP contribution in [0.2, 0.25) is 0 Å². The first kappa shape index (κ1) is 20.1. The number of nitrogens with zero attached hydrogens (tertiary/aromatic N) is 5. The van der Waals surface area contributed by atoms with E-state index in [0.717, 1.165) is 40.8 Å². The van der Waals surface area contributed by atoms with Crippen LogP contribution in [0.5, 0.6) is 0 Å². The van der Waals surface area contributed by atoms with Gasteiger partial charge in [-0.15, -0.1) is 11.3 Å². The van der Waals surface area contributed by atoms with E-state index in [2.05, 4.69) is 25.3 Å². The molecule has 0 bridgehead atoms. The van der Waals surface area contributed by atoms with Crippen molar-refractivity contribution in [1.82, 2.24) is 24.8 Å². The van der Waals surface area contributed by atoms with Crippen LogP contribution in [-0.4, -0.2) is 56.1 Å². The highest BCUT2D eigenvalue weighted by Crippen LogP contribution is 2.40. The van der Waals surface area contributed by atoms with Gasteiger partial charge in [0.15, 0.2) is 5.82 Å². The lowest BCUT2D eigenvalue weighted by Gasteiger charge is -2.19. The van der Waals surface area contributed by atoms with Gasteiger partial charge < -0.3 is 10.2 Å². The number of hydrogen-bond acceptors (Lipinski definition) is 7. The van der Waals surface area contributed by atoms with Crippen molar-refractivity contribution in [2.45, 2.75) is 44.3 Å². The Morgan fingerprint density at radius 3 is 2.81 bits per heavy atom. The number of amides is 1. The largest absolute Gasteiger partial charge is 0.406 e.